The number of carbonyl (C=O) groups excluding carboxylic acids is 2. The van der Waals surface area contributed by atoms with Crippen molar-refractivity contribution in [3.05, 3.63) is 0 Å². The second-order valence-corrected chi connectivity index (χ2v) is 6.40. The number of piperazine rings is 1. The highest BCUT2D eigenvalue weighted by Gasteiger charge is 2.41. The molecule has 0 spiro atoms. The first kappa shape index (κ1) is 14.0. The van der Waals surface area contributed by atoms with Crippen LogP contribution in [-0.2, 0) is 19.6 Å². The lowest BCUT2D eigenvalue weighted by atomic mass is 10.2. The molecule has 1 aliphatic rings. The Labute approximate surface area is 104 Å². The molecule has 1 saturated heterocycles. The van der Waals surface area contributed by atoms with Crippen molar-refractivity contribution in [1.82, 2.24) is 9.62 Å². The van der Waals surface area contributed by atoms with Crippen LogP contribution >= 0.6 is 12.2 Å². The summed E-state index contributed by atoms with van der Waals surface area (Å²) in [4.78, 5) is 22.3. The van der Waals surface area contributed by atoms with E-state index in [2.05, 4.69) is 17.5 Å². The molecule has 1 heterocycles. The molecule has 0 bridgehead atoms. The van der Waals surface area contributed by atoms with E-state index in [4.69, 9.17) is 5.73 Å². The van der Waals surface area contributed by atoms with Gasteiger partial charge in [-0.1, -0.05) is 12.2 Å². The Morgan fingerprint density at radius 1 is 1.59 bits per heavy atom. The van der Waals surface area contributed by atoms with Crippen LogP contribution in [-0.4, -0.2) is 47.4 Å². The molecule has 96 valence electrons. The van der Waals surface area contributed by atoms with E-state index in [1.54, 1.807) is 0 Å². The second-order valence-electron chi connectivity index (χ2n) is 3.72. The average Bonchev–Trinajstić information content (AvgIpc) is 2.21. The molecule has 1 fully saturated rings. The number of carbonyl (C=O) groups is 2. The third kappa shape index (κ3) is 2.61. The van der Waals surface area contributed by atoms with Crippen molar-refractivity contribution in [1.29, 1.82) is 0 Å². The predicted molar refractivity (Wildman–Crippen MR) is 64.5 cm³/mol. The summed E-state index contributed by atoms with van der Waals surface area (Å²) in [6.45, 7) is 2.31. The molecule has 9 heteroatoms. The summed E-state index contributed by atoms with van der Waals surface area (Å²) in [5.41, 5.74) is 5.28. The van der Waals surface area contributed by atoms with Crippen molar-refractivity contribution in [2.75, 3.05) is 6.54 Å². The van der Waals surface area contributed by atoms with Crippen molar-refractivity contribution < 1.29 is 18.0 Å². The van der Waals surface area contributed by atoms with Gasteiger partial charge in [0.05, 0.1) is 11.5 Å². The zero-order valence-electron chi connectivity index (χ0n) is 9.34. The summed E-state index contributed by atoms with van der Waals surface area (Å²) in [6.07, 6.45) is 0. The molecule has 2 atom stereocenters. The lowest BCUT2D eigenvalue weighted by Crippen LogP contribution is -2.60. The van der Waals surface area contributed by atoms with Gasteiger partial charge in [-0.05, 0) is 13.8 Å². The maximum absolute atomic E-state index is 12.1. The molecule has 17 heavy (non-hydrogen) atoms. The normalized spacial score (nSPS) is 24.2. The van der Waals surface area contributed by atoms with Crippen LogP contribution in [0.3, 0.4) is 0 Å². The Hall–Kier alpha value is -1.06. The molecule has 2 amide bonds. The number of thiocarbonyl (C=S) groups is 1. The molecule has 0 saturated carbocycles. The Morgan fingerprint density at radius 2 is 2.12 bits per heavy atom. The first-order valence-electron chi connectivity index (χ1n) is 4.81. The van der Waals surface area contributed by atoms with Crippen LogP contribution < -0.4 is 11.1 Å². The predicted octanol–water partition coefficient (Wildman–Crippen LogP) is -1.66. The smallest absolute Gasteiger partial charge is 0.244 e. The summed E-state index contributed by atoms with van der Waals surface area (Å²) < 4.78 is 24.9. The van der Waals surface area contributed by atoms with Gasteiger partial charge < -0.3 is 5.73 Å². The van der Waals surface area contributed by atoms with Crippen molar-refractivity contribution >= 4 is 39.0 Å². The molecule has 0 aromatic heterocycles. The van der Waals surface area contributed by atoms with Crippen LogP contribution in [0.25, 0.3) is 0 Å². The Morgan fingerprint density at radius 3 is 2.59 bits per heavy atom. The number of hydrogen-bond donors (Lipinski definition) is 2. The van der Waals surface area contributed by atoms with Crippen LogP contribution in [0.2, 0.25) is 0 Å². The van der Waals surface area contributed by atoms with Gasteiger partial charge in [0.1, 0.15) is 11.3 Å². The van der Waals surface area contributed by atoms with Gasteiger partial charge in [-0.3, -0.25) is 14.9 Å². The van der Waals surface area contributed by atoms with Crippen LogP contribution in [0, 0.1) is 0 Å². The molecule has 7 nitrogen and oxygen atoms in total. The quantitative estimate of drug-likeness (QED) is 0.472. The fourth-order valence-corrected chi connectivity index (χ4v) is 3.25. The Bertz CT molecular complexity index is 473. The zero-order valence-corrected chi connectivity index (χ0v) is 11.0. The van der Waals surface area contributed by atoms with Crippen LogP contribution in [0.1, 0.15) is 13.8 Å². The maximum Gasteiger partial charge on any atom is 0.244 e. The van der Waals surface area contributed by atoms with E-state index in [1.165, 1.54) is 13.8 Å². The van der Waals surface area contributed by atoms with Gasteiger partial charge in [0.15, 0.2) is 0 Å². The summed E-state index contributed by atoms with van der Waals surface area (Å²) >= 11 is 4.62. The summed E-state index contributed by atoms with van der Waals surface area (Å²) in [6, 6.07) is -0.950. The van der Waals surface area contributed by atoms with Crippen molar-refractivity contribution in [3.8, 4) is 0 Å². The monoisotopic (exact) mass is 279 g/mol. The van der Waals surface area contributed by atoms with Gasteiger partial charge in [-0.2, -0.15) is 4.31 Å². The van der Waals surface area contributed by atoms with E-state index in [1.807, 2.05) is 0 Å². The number of hydrogen-bond acceptors (Lipinski definition) is 5. The number of nitrogens with one attached hydrogen (secondary N) is 1. The molecule has 0 aliphatic carbocycles. The fourth-order valence-electron chi connectivity index (χ4n) is 1.35. The number of nitrogens with zero attached hydrogens (tertiary/aromatic N) is 1. The van der Waals surface area contributed by atoms with Crippen molar-refractivity contribution in [2.45, 2.75) is 25.1 Å². The second kappa shape index (κ2) is 4.67. The SMILES string of the molecule is CC1C(=O)NC(=O)CN1S(=O)(=O)C(C)C(N)=S. The van der Waals surface area contributed by atoms with Gasteiger partial charge in [0.25, 0.3) is 0 Å². The minimum Gasteiger partial charge on any atom is -0.392 e. The van der Waals surface area contributed by atoms with E-state index in [0.29, 0.717) is 0 Å². The largest absolute Gasteiger partial charge is 0.392 e. The molecule has 0 aromatic rings. The minimum absolute atomic E-state index is 0.198. The number of nitrogens with two attached hydrogens (primary N) is 1. The van der Waals surface area contributed by atoms with Crippen LogP contribution in [0.5, 0.6) is 0 Å². The number of amides is 2. The number of imide groups is 1. The fraction of sp³-hybridized carbons (Fsp3) is 0.625. The summed E-state index contributed by atoms with van der Waals surface area (Å²) in [7, 11) is -3.89. The Balaban J connectivity index is 3.10. The molecule has 0 aromatic carbocycles. The highest BCUT2D eigenvalue weighted by atomic mass is 32.2. The van der Waals surface area contributed by atoms with Gasteiger partial charge in [-0.25, -0.2) is 8.42 Å². The highest BCUT2D eigenvalue weighted by molar-refractivity contribution is 7.92. The first-order chi connectivity index (χ1) is 7.67. The van der Waals surface area contributed by atoms with E-state index >= 15 is 0 Å². The molecular weight excluding hydrogens is 266 g/mol. The average molecular weight is 279 g/mol. The Kier molecular flexibility index (Phi) is 3.84. The van der Waals surface area contributed by atoms with Gasteiger partial charge in [-0.15, -0.1) is 0 Å². The van der Waals surface area contributed by atoms with E-state index < -0.39 is 39.7 Å². The lowest BCUT2D eigenvalue weighted by molar-refractivity contribution is -0.136. The third-order valence-electron chi connectivity index (χ3n) is 2.55. The van der Waals surface area contributed by atoms with Gasteiger partial charge >= 0.3 is 0 Å². The molecular formula is C8H13N3O4S2. The van der Waals surface area contributed by atoms with E-state index in [-0.39, 0.29) is 4.99 Å². The molecule has 3 N–H and O–H groups in total. The van der Waals surface area contributed by atoms with E-state index in [0.717, 1.165) is 4.31 Å². The van der Waals surface area contributed by atoms with Crippen LogP contribution in [0.15, 0.2) is 0 Å². The first-order valence-corrected chi connectivity index (χ1v) is 6.72. The topological polar surface area (TPSA) is 110 Å². The maximum atomic E-state index is 12.1. The molecule has 1 rings (SSSR count). The van der Waals surface area contributed by atoms with Gasteiger partial charge in [0, 0.05) is 0 Å². The molecule has 2 unspecified atom stereocenters. The molecule has 1 aliphatic heterocycles. The van der Waals surface area contributed by atoms with E-state index in [9.17, 15) is 18.0 Å². The summed E-state index contributed by atoms with van der Waals surface area (Å²) in [5, 5.41) is 0.939. The van der Waals surface area contributed by atoms with Crippen molar-refractivity contribution in [3.63, 3.8) is 0 Å². The number of sulfonamides is 1. The summed E-state index contributed by atoms with van der Waals surface area (Å²) in [5.74, 6) is -1.31. The highest BCUT2D eigenvalue weighted by Crippen LogP contribution is 2.15. The van der Waals surface area contributed by atoms with Crippen LogP contribution in [0.4, 0.5) is 0 Å². The standard InChI is InChI=1S/C8H13N3O4S2/c1-4-8(13)10-6(12)3-11(4)17(14,15)5(2)7(9)16/h4-5H,3H2,1-2H3,(H2,9,16)(H,10,12,13). The molecule has 0 radical (unpaired) electrons. The zero-order chi connectivity index (χ0) is 13.4. The van der Waals surface area contributed by atoms with Crippen molar-refractivity contribution in [2.24, 2.45) is 5.73 Å². The minimum atomic E-state index is -3.89. The lowest BCUT2D eigenvalue weighted by Gasteiger charge is -2.32. The third-order valence-corrected chi connectivity index (χ3v) is 5.30. The number of rotatable bonds is 3. The van der Waals surface area contributed by atoms with Gasteiger partial charge in [0.2, 0.25) is 21.8 Å².